The molecule has 1 fully saturated rings. The number of hydrogen-bond acceptors (Lipinski definition) is 2. The first-order valence-electron chi connectivity index (χ1n) is 6.14. The van der Waals surface area contributed by atoms with Crippen LogP contribution in [0.3, 0.4) is 0 Å². The maximum Gasteiger partial charge on any atom is 0.255 e. The summed E-state index contributed by atoms with van der Waals surface area (Å²) in [6, 6.07) is 1.35. The van der Waals surface area contributed by atoms with Crippen molar-refractivity contribution < 1.29 is 0 Å². The van der Waals surface area contributed by atoms with Crippen molar-refractivity contribution in [3.63, 3.8) is 0 Å². The molecule has 0 bridgehead atoms. The molecule has 0 amide bonds. The van der Waals surface area contributed by atoms with Crippen molar-refractivity contribution in [1.29, 1.82) is 0 Å². The molecule has 3 nitrogen and oxygen atoms in total. The Balaban J connectivity index is 2.31. The van der Waals surface area contributed by atoms with Crippen molar-refractivity contribution in [3.8, 4) is 11.8 Å². The largest absolute Gasteiger partial charge is 0.285 e. The number of aromatic nitrogens is 2. The molecule has 0 atom stereocenters. The quantitative estimate of drug-likeness (QED) is 0.608. The molecule has 4 heteroatoms. The van der Waals surface area contributed by atoms with Crippen molar-refractivity contribution >= 4 is 11.6 Å². The molecule has 1 aromatic rings. The van der Waals surface area contributed by atoms with Gasteiger partial charge in [0.1, 0.15) is 11.0 Å². The van der Waals surface area contributed by atoms with Crippen molar-refractivity contribution in [1.82, 2.24) is 9.55 Å². The fraction of sp³-hybridized carbons (Fsp3) is 0.571. The first-order valence-corrected chi connectivity index (χ1v) is 6.52. The zero-order valence-electron chi connectivity index (χ0n) is 11.0. The van der Waals surface area contributed by atoms with Gasteiger partial charge in [-0.3, -0.25) is 9.36 Å². The lowest BCUT2D eigenvalue weighted by molar-refractivity contribution is 0.568. The molecule has 1 saturated carbocycles. The zero-order chi connectivity index (χ0) is 13.3. The highest BCUT2D eigenvalue weighted by Crippen LogP contribution is 2.38. The third-order valence-corrected chi connectivity index (χ3v) is 2.84. The standard InChI is InChI=1S/C14H17ClN2O/c1-14(2,3)7-4-8-17-12(18)9-11(15)16-13(17)10-5-6-10/h9-10H,5-6,8H2,1-3H3. The Hall–Kier alpha value is -1.27. The van der Waals surface area contributed by atoms with Crippen LogP contribution in [-0.2, 0) is 6.54 Å². The second kappa shape index (κ2) is 4.78. The predicted octanol–water partition coefficient (Wildman–Crippen LogP) is 2.82. The number of halogens is 1. The van der Waals surface area contributed by atoms with Crippen molar-refractivity contribution in [2.75, 3.05) is 0 Å². The van der Waals surface area contributed by atoms with Gasteiger partial charge in [-0.25, -0.2) is 4.98 Å². The van der Waals surface area contributed by atoms with Gasteiger partial charge in [0.15, 0.2) is 0 Å². The van der Waals surface area contributed by atoms with Gasteiger partial charge in [-0.2, -0.15) is 0 Å². The zero-order valence-corrected chi connectivity index (χ0v) is 11.7. The third-order valence-electron chi connectivity index (χ3n) is 2.65. The minimum Gasteiger partial charge on any atom is -0.285 e. The van der Waals surface area contributed by atoms with Crippen LogP contribution in [-0.4, -0.2) is 9.55 Å². The molecular weight excluding hydrogens is 248 g/mol. The predicted molar refractivity (Wildman–Crippen MR) is 72.7 cm³/mol. The fourth-order valence-electron chi connectivity index (χ4n) is 1.69. The maximum absolute atomic E-state index is 11.9. The summed E-state index contributed by atoms with van der Waals surface area (Å²) in [6.07, 6.45) is 2.17. The number of hydrogen-bond donors (Lipinski definition) is 0. The van der Waals surface area contributed by atoms with Gasteiger partial charge in [-0.15, -0.1) is 0 Å². The molecule has 0 radical (unpaired) electrons. The second-order valence-corrected chi connectivity index (χ2v) is 6.07. The smallest absolute Gasteiger partial charge is 0.255 e. The molecule has 1 aliphatic rings. The van der Waals surface area contributed by atoms with E-state index in [1.807, 2.05) is 20.8 Å². The second-order valence-electron chi connectivity index (χ2n) is 5.69. The number of rotatable bonds is 2. The van der Waals surface area contributed by atoms with Gasteiger partial charge >= 0.3 is 0 Å². The van der Waals surface area contributed by atoms with Crippen LogP contribution in [0, 0.1) is 17.3 Å². The highest BCUT2D eigenvalue weighted by molar-refractivity contribution is 6.29. The summed E-state index contributed by atoms with van der Waals surface area (Å²) >= 11 is 5.84. The number of nitrogens with zero attached hydrogens (tertiary/aromatic N) is 2. The van der Waals surface area contributed by atoms with E-state index in [9.17, 15) is 4.79 Å². The lowest BCUT2D eigenvalue weighted by atomic mass is 9.98. The van der Waals surface area contributed by atoms with E-state index < -0.39 is 0 Å². The minimum atomic E-state index is -0.111. The maximum atomic E-state index is 11.9. The molecule has 0 unspecified atom stereocenters. The highest BCUT2D eigenvalue weighted by Gasteiger charge is 2.28. The summed E-state index contributed by atoms with van der Waals surface area (Å²) in [5.74, 6) is 7.35. The van der Waals surface area contributed by atoms with Crippen LogP contribution in [0.5, 0.6) is 0 Å². The molecule has 96 valence electrons. The first kappa shape index (κ1) is 13.2. The van der Waals surface area contributed by atoms with Crippen LogP contribution in [0.1, 0.15) is 45.4 Å². The van der Waals surface area contributed by atoms with E-state index in [4.69, 9.17) is 11.6 Å². The average molecular weight is 265 g/mol. The van der Waals surface area contributed by atoms with Crippen LogP contribution >= 0.6 is 11.6 Å². The van der Waals surface area contributed by atoms with Gasteiger partial charge in [0.05, 0.1) is 6.54 Å². The van der Waals surface area contributed by atoms with Gasteiger partial charge in [0.25, 0.3) is 5.56 Å². The van der Waals surface area contributed by atoms with Crippen LogP contribution in [0.2, 0.25) is 5.15 Å². The highest BCUT2D eigenvalue weighted by atomic mass is 35.5. The van der Waals surface area contributed by atoms with E-state index in [0.29, 0.717) is 12.5 Å². The molecule has 1 aromatic heterocycles. The topological polar surface area (TPSA) is 34.9 Å². The van der Waals surface area contributed by atoms with E-state index in [-0.39, 0.29) is 16.1 Å². The fourth-order valence-corrected chi connectivity index (χ4v) is 1.87. The molecule has 0 aliphatic heterocycles. The van der Waals surface area contributed by atoms with Crippen molar-refractivity contribution in [3.05, 3.63) is 27.4 Å². The lowest BCUT2D eigenvalue weighted by Gasteiger charge is -2.10. The molecule has 0 spiro atoms. The van der Waals surface area contributed by atoms with Crippen LogP contribution in [0.25, 0.3) is 0 Å². The summed E-state index contributed by atoms with van der Waals surface area (Å²) in [6.45, 7) is 6.53. The Bertz CT molecular complexity index is 568. The summed E-state index contributed by atoms with van der Waals surface area (Å²) in [4.78, 5) is 16.2. The Morgan fingerprint density at radius 2 is 2.17 bits per heavy atom. The monoisotopic (exact) mass is 264 g/mol. The van der Waals surface area contributed by atoms with Gasteiger partial charge < -0.3 is 0 Å². The molecule has 0 saturated heterocycles. The third kappa shape index (κ3) is 3.36. The SMILES string of the molecule is CC(C)(C)C#CCn1c(C2CC2)nc(Cl)cc1=O. The summed E-state index contributed by atoms with van der Waals surface area (Å²) < 4.78 is 1.64. The first-order chi connectivity index (χ1) is 8.37. The molecular formula is C14H17ClN2O. The van der Waals surface area contributed by atoms with E-state index in [1.165, 1.54) is 6.07 Å². The van der Waals surface area contributed by atoms with E-state index in [1.54, 1.807) is 4.57 Å². The van der Waals surface area contributed by atoms with Gasteiger partial charge in [-0.1, -0.05) is 23.4 Å². The van der Waals surface area contributed by atoms with Crippen molar-refractivity contribution in [2.45, 2.75) is 46.1 Å². The molecule has 1 aliphatic carbocycles. The molecule has 2 rings (SSSR count). The van der Waals surface area contributed by atoms with E-state index >= 15 is 0 Å². The van der Waals surface area contributed by atoms with Crippen molar-refractivity contribution in [2.24, 2.45) is 5.41 Å². The minimum absolute atomic E-state index is 0.0524. The lowest BCUT2D eigenvalue weighted by Crippen LogP contribution is -2.24. The van der Waals surface area contributed by atoms with Crippen LogP contribution in [0.4, 0.5) is 0 Å². The Kier molecular flexibility index (Phi) is 3.49. The summed E-state index contributed by atoms with van der Waals surface area (Å²) in [7, 11) is 0. The van der Waals surface area contributed by atoms with Gasteiger partial charge in [-0.05, 0) is 33.6 Å². The average Bonchev–Trinajstić information content (AvgIpc) is 3.02. The summed E-state index contributed by atoms with van der Waals surface area (Å²) in [5.41, 5.74) is -0.163. The Morgan fingerprint density at radius 3 is 2.72 bits per heavy atom. The van der Waals surface area contributed by atoms with E-state index in [2.05, 4.69) is 16.8 Å². The molecule has 18 heavy (non-hydrogen) atoms. The molecule has 1 heterocycles. The van der Waals surface area contributed by atoms with Gasteiger partial charge in [0.2, 0.25) is 0 Å². The summed E-state index contributed by atoms with van der Waals surface area (Å²) in [5, 5.41) is 0.280. The van der Waals surface area contributed by atoms with Crippen LogP contribution in [0.15, 0.2) is 10.9 Å². The Labute approximate surface area is 112 Å². The normalized spacial score (nSPS) is 15.1. The molecule has 0 N–H and O–H groups in total. The van der Waals surface area contributed by atoms with Crippen LogP contribution < -0.4 is 5.56 Å². The Morgan fingerprint density at radius 1 is 1.50 bits per heavy atom. The van der Waals surface area contributed by atoms with E-state index in [0.717, 1.165) is 18.7 Å². The molecule has 0 aromatic carbocycles. The van der Waals surface area contributed by atoms with Gasteiger partial charge in [0, 0.05) is 17.4 Å².